The van der Waals surface area contributed by atoms with E-state index in [0.717, 1.165) is 44.8 Å². The molecule has 2 heterocycles. The minimum Gasteiger partial charge on any atom is -0.437 e. The quantitative estimate of drug-likeness (QED) is 0.307. The normalized spacial score (nSPS) is 12.0. The Kier molecular flexibility index (Phi) is 4.03. The lowest BCUT2D eigenvalue weighted by atomic mass is 9.93. The van der Waals surface area contributed by atoms with Gasteiger partial charge in [-0.1, -0.05) is 68.4 Å². The van der Waals surface area contributed by atoms with Crippen molar-refractivity contribution in [1.29, 1.82) is 0 Å². The van der Waals surface area contributed by atoms with Crippen LogP contribution in [0.15, 0.2) is 83.5 Å². The molecule has 4 aromatic carbocycles. The van der Waals surface area contributed by atoms with E-state index in [1.807, 2.05) is 12.1 Å². The minimum atomic E-state index is 0.574. The van der Waals surface area contributed by atoms with Crippen LogP contribution in [0, 0.1) is 5.92 Å². The highest BCUT2D eigenvalue weighted by Crippen LogP contribution is 2.38. The molecule has 0 fully saturated rings. The van der Waals surface area contributed by atoms with E-state index in [9.17, 15) is 0 Å². The molecule has 0 amide bonds. The molecule has 2 aromatic heterocycles. The largest absolute Gasteiger partial charge is 0.437 e. The summed E-state index contributed by atoms with van der Waals surface area (Å²) in [6.07, 6.45) is 2.64. The number of hydrogen-bond donors (Lipinski definition) is 0. The SMILES string of the molecule is CC(C)Cc1cc(-c2ncnc3oc4c5ccccc5ccc4c23)cc2ccccc12. The number of benzene rings is 4. The zero-order valence-corrected chi connectivity index (χ0v) is 17.6. The molecule has 0 N–H and O–H groups in total. The predicted octanol–water partition coefficient (Wildman–Crippen LogP) is 7.55. The zero-order chi connectivity index (χ0) is 20.9. The lowest BCUT2D eigenvalue weighted by molar-refractivity contribution is 0.650. The standard InChI is InChI=1S/C28H22N2O/c1-17(2)13-20-15-21(14-19-8-4-5-9-22(19)20)26-25-24-12-11-18-7-3-6-10-23(18)27(24)31-28(25)30-16-29-26/h3-12,14-17H,13H2,1-2H3. The summed E-state index contributed by atoms with van der Waals surface area (Å²) in [5, 5.41) is 6.85. The fraction of sp³-hybridized carbons (Fsp3) is 0.143. The van der Waals surface area contributed by atoms with Gasteiger partial charge in [-0.3, -0.25) is 0 Å². The Morgan fingerprint density at radius 1 is 0.774 bits per heavy atom. The van der Waals surface area contributed by atoms with Gasteiger partial charge >= 0.3 is 0 Å². The summed E-state index contributed by atoms with van der Waals surface area (Å²) in [4.78, 5) is 9.20. The van der Waals surface area contributed by atoms with Crippen molar-refractivity contribution in [1.82, 2.24) is 9.97 Å². The summed E-state index contributed by atoms with van der Waals surface area (Å²) in [6, 6.07) is 25.7. The molecule has 0 unspecified atom stereocenters. The van der Waals surface area contributed by atoms with Gasteiger partial charge in [0.1, 0.15) is 11.9 Å². The third-order valence-electron chi connectivity index (χ3n) is 6.01. The summed E-state index contributed by atoms with van der Waals surface area (Å²) in [7, 11) is 0. The molecule has 0 saturated heterocycles. The summed E-state index contributed by atoms with van der Waals surface area (Å²) >= 11 is 0. The maximum atomic E-state index is 6.26. The van der Waals surface area contributed by atoms with Crippen LogP contribution in [-0.2, 0) is 6.42 Å². The average molecular weight is 402 g/mol. The van der Waals surface area contributed by atoms with E-state index in [1.165, 1.54) is 16.3 Å². The van der Waals surface area contributed by atoms with Crippen LogP contribution < -0.4 is 0 Å². The first-order valence-corrected chi connectivity index (χ1v) is 10.8. The van der Waals surface area contributed by atoms with E-state index < -0.39 is 0 Å². The number of hydrogen-bond acceptors (Lipinski definition) is 3. The zero-order valence-electron chi connectivity index (χ0n) is 17.6. The van der Waals surface area contributed by atoms with Crippen LogP contribution >= 0.6 is 0 Å². The van der Waals surface area contributed by atoms with Gasteiger partial charge in [-0.2, -0.15) is 0 Å². The van der Waals surface area contributed by atoms with Gasteiger partial charge in [-0.25, -0.2) is 9.97 Å². The van der Waals surface area contributed by atoms with Crippen molar-refractivity contribution in [2.75, 3.05) is 0 Å². The summed E-state index contributed by atoms with van der Waals surface area (Å²) < 4.78 is 6.26. The lowest BCUT2D eigenvalue weighted by Crippen LogP contribution is -1.97. The van der Waals surface area contributed by atoms with Crippen molar-refractivity contribution in [2.24, 2.45) is 5.92 Å². The molecule has 0 aliphatic rings. The van der Waals surface area contributed by atoms with Crippen LogP contribution in [0.2, 0.25) is 0 Å². The van der Waals surface area contributed by atoms with Gasteiger partial charge in [0, 0.05) is 16.3 Å². The Morgan fingerprint density at radius 3 is 2.39 bits per heavy atom. The third-order valence-corrected chi connectivity index (χ3v) is 6.01. The van der Waals surface area contributed by atoms with E-state index in [2.05, 4.69) is 79.5 Å². The molecule has 0 aliphatic heterocycles. The molecule has 0 atom stereocenters. The number of fused-ring (bicyclic) bond motifs is 6. The summed E-state index contributed by atoms with van der Waals surface area (Å²) in [5.74, 6) is 0.574. The Balaban J connectivity index is 1.68. The number of rotatable bonds is 3. The van der Waals surface area contributed by atoms with E-state index in [4.69, 9.17) is 9.40 Å². The van der Waals surface area contributed by atoms with Crippen molar-refractivity contribution in [3.05, 3.63) is 84.7 Å². The van der Waals surface area contributed by atoms with Crippen LogP contribution in [-0.4, -0.2) is 9.97 Å². The number of furan rings is 1. The molecule has 150 valence electrons. The molecule has 0 bridgehead atoms. The fourth-order valence-electron chi connectivity index (χ4n) is 4.69. The van der Waals surface area contributed by atoms with Gasteiger partial charge in [-0.05, 0) is 52.3 Å². The Bertz CT molecular complexity index is 1590. The van der Waals surface area contributed by atoms with Gasteiger partial charge in [-0.15, -0.1) is 0 Å². The Morgan fingerprint density at radius 2 is 1.55 bits per heavy atom. The van der Waals surface area contributed by atoms with E-state index >= 15 is 0 Å². The number of nitrogens with zero attached hydrogens (tertiary/aromatic N) is 2. The van der Waals surface area contributed by atoms with E-state index in [0.29, 0.717) is 11.6 Å². The molecule has 0 aliphatic carbocycles. The molecule has 3 heteroatoms. The van der Waals surface area contributed by atoms with E-state index in [1.54, 1.807) is 6.33 Å². The maximum absolute atomic E-state index is 6.26. The van der Waals surface area contributed by atoms with Crippen LogP contribution in [0.25, 0.3) is 54.9 Å². The summed E-state index contributed by atoms with van der Waals surface area (Å²) in [5.41, 5.74) is 4.90. The molecule has 6 rings (SSSR count). The molecular formula is C28H22N2O. The van der Waals surface area contributed by atoms with Crippen molar-refractivity contribution in [3.63, 3.8) is 0 Å². The highest BCUT2D eigenvalue weighted by Gasteiger charge is 2.18. The highest BCUT2D eigenvalue weighted by atomic mass is 16.3. The van der Waals surface area contributed by atoms with Crippen LogP contribution in [0.5, 0.6) is 0 Å². The topological polar surface area (TPSA) is 38.9 Å². The molecule has 31 heavy (non-hydrogen) atoms. The van der Waals surface area contributed by atoms with Gasteiger partial charge in [0.2, 0.25) is 5.71 Å². The smallest absolute Gasteiger partial charge is 0.231 e. The maximum Gasteiger partial charge on any atom is 0.231 e. The highest BCUT2D eigenvalue weighted by molar-refractivity contribution is 6.17. The van der Waals surface area contributed by atoms with Gasteiger partial charge in [0.15, 0.2) is 0 Å². The van der Waals surface area contributed by atoms with E-state index in [-0.39, 0.29) is 0 Å². The van der Waals surface area contributed by atoms with Gasteiger partial charge < -0.3 is 4.42 Å². The summed E-state index contributed by atoms with van der Waals surface area (Å²) in [6.45, 7) is 4.53. The first-order valence-electron chi connectivity index (χ1n) is 10.8. The lowest BCUT2D eigenvalue weighted by Gasteiger charge is -2.12. The molecular weight excluding hydrogens is 380 g/mol. The van der Waals surface area contributed by atoms with Crippen molar-refractivity contribution < 1.29 is 4.42 Å². The monoisotopic (exact) mass is 402 g/mol. The van der Waals surface area contributed by atoms with Gasteiger partial charge in [0.25, 0.3) is 0 Å². The molecule has 0 spiro atoms. The van der Waals surface area contributed by atoms with Crippen molar-refractivity contribution in [2.45, 2.75) is 20.3 Å². The van der Waals surface area contributed by atoms with Gasteiger partial charge in [0.05, 0.1) is 11.1 Å². The average Bonchev–Trinajstić information content (AvgIpc) is 3.18. The Hall–Kier alpha value is -3.72. The molecule has 0 radical (unpaired) electrons. The molecule has 3 nitrogen and oxygen atoms in total. The minimum absolute atomic E-state index is 0.574. The predicted molar refractivity (Wildman–Crippen MR) is 128 cm³/mol. The second-order valence-corrected chi connectivity index (χ2v) is 8.62. The Labute approximate surface area is 180 Å². The fourth-order valence-corrected chi connectivity index (χ4v) is 4.69. The third kappa shape index (κ3) is 2.89. The second-order valence-electron chi connectivity index (χ2n) is 8.62. The first-order chi connectivity index (χ1) is 15.2. The molecule has 0 saturated carbocycles. The van der Waals surface area contributed by atoms with Crippen molar-refractivity contribution >= 4 is 43.6 Å². The van der Waals surface area contributed by atoms with Crippen LogP contribution in [0.1, 0.15) is 19.4 Å². The number of aromatic nitrogens is 2. The second kappa shape index (κ2) is 6.92. The van der Waals surface area contributed by atoms with Crippen LogP contribution in [0.3, 0.4) is 0 Å². The van der Waals surface area contributed by atoms with Crippen molar-refractivity contribution in [3.8, 4) is 11.3 Å². The molecule has 6 aromatic rings. The first kappa shape index (κ1) is 18.1. The van der Waals surface area contributed by atoms with Crippen LogP contribution in [0.4, 0.5) is 0 Å².